The summed E-state index contributed by atoms with van der Waals surface area (Å²) in [6.45, 7) is 4.39. The van der Waals surface area contributed by atoms with E-state index in [0.717, 1.165) is 0 Å². The van der Waals surface area contributed by atoms with Crippen molar-refractivity contribution in [2.45, 2.75) is 33.2 Å². The van der Waals surface area contributed by atoms with Crippen LogP contribution in [0.15, 0.2) is 24.3 Å². The lowest BCUT2D eigenvalue weighted by Crippen LogP contribution is -2.12. The van der Waals surface area contributed by atoms with Gasteiger partial charge in [-0.15, -0.1) is 0 Å². The Morgan fingerprint density at radius 1 is 1.35 bits per heavy atom. The van der Waals surface area contributed by atoms with Gasteiger partial charge in [0.05, 0.1) is 22.8 Å². The molecule has 106 valence electrons. The summed E-state index contributed by atoms with van der Waals surface area (Å²) < 4.78 is 15.2. The number of hydrogen-bond donors (Lipinski definition) is 0. The summed E-state index contributed by atoms with van der Waals surface area (Å²) in [6, 6.07) is 6.31. The third kappa shape index (κ3) is 3.07. The maximum Gasteiger partial charge on any atom is 0.143 e. The van der Waals surface area contributed by atoms with Crippen LogP contribution < -0.4 is 0 Å². The van der Waals surface area contributed by atoms with Crippen molar-refractivity contribution >= 4 is 17.4 Å². The van der Waals surface area contributed by atoms with E-state index >= 15 is 0 Å². The van der Waals surface area contributed by atoms with Crippen molar-refractivity contribution in [3.05, 3.63) is 52.1 Å². The molecule has 0 spiro atoms. The van der Waals surface area contributed by atoms with Gasteiger partial charge in [0.1, 0.15) is 11.6 Å². The van der Waals surface area contributed by atoms with Gasteiger partial charge in [0.15, 0.2) is 0 Å². The fourth-order valence-corrected chi connectivity index (χ4v) is 2.34. The lowest BCUT2D eigenvalue weighted by Gasteiger charge is -2.06. The van der Waals surface area contributed by atoms with Gasteiger partial charge in [0.2, 0.25) is 0 Å². The van der Waals surface area contributed by atoms with Gasteiger partial charge in [-0.1, -0.05) is 29.8 Å². The molecular formula is C15H16ClFN2O. The summed E-state index contributed by atoms with van der Waals surface area (Å²) in [4.78, 5) is 12.1. The number of nitrogens with zero attached hydrogens (tertiary/aromatic N) is 2. The van der Waals surface area contributed by atoms with E-state index in [1.54, 1.807) is 29.8 Å². The summed E-state index contributed by atoms with van der Waals surface area (Å²) in [5.41, 5.74) is 1.82. The van der Waals surface area contributed by atoms with E-state index in [-0.39, 0.29) is 24.4 Å². The molecule has 2 aromatic rings. The van der Waals surface area contributed by atoms with Gasteiger partial charge in [0, 0.05) is 13.0 Å². The maximum atomic E-state index is 13.5. The van der Waals surface area contributed by atoms with E-state index in [2.05, 4.69) is 5.10 Å². The smallest absolute Gasteiger partial charge is 0.143 e. The van der Waals surface area contributed by atoms with Crippen molar-refractivity contribution in [3.8, 4) is 0 Å². The van der Waals surface area contributed by atoms with Crippen molar-refractivity contribution < 1.29 is 9.18 Å². The van der Waals surface area contributed by atoms with E-state index in [1.807, 2.05) is 6.92 Å². The second-order valence-electron chi connectivity index (χ2n) is 4.65. The number of aromatic nitrogens is 2. The van der Waals surface area contributed by atoms with Gasteiger partial charge in [-0.2, -0.15) is 5.10 Å². The highest BCUT2D eigenvalue weighted by Gasteiger charge is 2.17. The first kappa shape index (κ1) is 14.7. The first-order valence-corrected chi connectivity index (χ1v) is 6.87. The summed E-state index contributed by atoms with van der Waals surface area (Å²) in [6.07, 6.45) is 0.235. The molecule has 20 heavy (non-hydrogen) atoms. The second kappa shape index (κ2) is 6.18. The van der Waals surface area contributed by atoms with Crippen LogP contribution in [0.5, 0.6) is 0 Å². The molecule has 1 aromatic heterocycles. The van der Waals surface area contributed by atoms with E-state index < -0.39 is 0 Å². The number of hydrogen-bond acceptors (Lipinski definition) is 2. The lowest BCUT2D eigenvalue weighted by atomic mass is 10.1. The van der Waals surface area contributed by atoms with Gasteiger partial charge in [-0.25, -0.2) is 4.39 Å². The molecule has 0 bridgehead atoms. The predicted molar refractivity (Wildman–Crippen MR) is 76.5 cm³/mol. The minimum Gasteiger partial charge on any atom is -0.299 e. The SMILES string of the molecule is CCn1nc(C)c(Cl)c1CC(=O)Cc1ccccc1F. The zero-order valence-corrected chi connectivity index (χ0v) is 12.2. The molecule has 1 aromatic carbocycles. The standard InChI is InChI=1S/C15H16ClFN2O/c1-3-19-14(15(16)10(2)18-19)9-12(20)8-11-6-4-5-7-13(11)17/h4-7H,3,8-9H2,1-2H3. The first-order chi connectivity index (χ1) is 9.52. The molecule has 0 unspecified atom stereocenters. The predicted octanol–water partition coefficient (Wildman–Crippen LogP) is 3.36. The number of carbonyl (C=O) groups is 1. The van der Waals surface area contributed by atoms with E-state index in [4.69, 9.17) is 11.6 Å². The Morgan fingerprint density at radius 3 is 2.70 bits per heavy atom. The molecule has 0 aliphatic rings. The fourth-order valence-electron chi connectivity index (χ4n) is 2.14. The Labute approximate surface area is 122 Å². The summed E-state index contributed by atoms with van der Waals surface area (Å²) in [7, 11) is 0. The minimum atomic E-state index is -0.355. The van der Waals surface area contributed by atoms with Crippen LogP contribution in [0.3, 0.4) is 0 Å². The highest BCUT2D eigenvalue weighted by atomic mass is 35.5. The largest absolute Gasteiger partial charge is 0.299 e. The molecule has 3 nitrogen and oxygen atoms in total. The molecule has 1 heterocycles. The molecule has 0 saturated heterocycles. The molecule has 0 fully saturated rings. The van der Waals surface area contributed by atoms with Crippen molar-refractivity contribution in [2.75, 3.05) is 0 Å². The van der Waals surface area contributed by atoms with Gasteiger partial charge >= 0.3 is 0 Å². The zero-order chi connectivity index (χ0) is 14.7. The van der Waals surface area contributed by atoms with E-state index in [9.17, 15) is 9.18 Å². The normalized spacial score (nSPS) is 10.8. The first-order valence-electron chi connectivity index (χ1n) is 6.49. The second-order valence-corrected chi connectivity index (χ2v) is 5.02. The number of rotatable bonds is 5. The number of benzene rings is 1. The third-order valence-corrected chi connectivity index (χ3v) is 3.65. The Morgan fingerprint density at radius 2 is 2.05 bits per heavy atom. The van der Waals surface area contributed by atoms with Gasteiger partial charge < -0.3 is 0 Å². The van der Waals surface area contributed by atoms with E-state index in [0.29, 0.717) is 28.5 Å². The Bertz CT molecular complexity index is 637. The van der Waals surface area contributed by atoms with Crippen LogP contribution >= 0.6 is 11.6 Å². The molecule has 0 aliphatic carbocycles. The number of ketones is 1. The zero-order valence-electron chi connectivity index (χ0n) is 11.5. The van der Waals surface area contributed by atoms with Gasteiger partial charge in [0.25, 0.3) is 0 Å². The molecule has 0 radical (unpaired) electrons. The van der Waals surface area contributed by atoms with Crippen molar-refractivity contribution in [1.29, 1.82) is 0 Å². The highest BCUT2D eigenvalue weighted by molar-refractivity contribution is 6.32. The minimum absolute atomic E-state index is 0.0664. The monoisotopic (exact) mass is 294 g/mol. The van der Waals surface area contributed by atoms with Crippen molar-refractivity contribution in [3.63, 3.8) is 0 Å². The highest BCUT2D eigenvalue weighted by Crippen LogP contribution is 2.21. The lowest BCUT2D eigenvalue weighted by molar-refractivity contribution is -0.117. The van der Waals surface area contributed by atoms with Crippen molar-refractivity contribution in [1.82, 2.24) is 9.78 Å². The van der Waals surface area contributed by atoms with Crippen LogP contribution in [-0.2, 0) is 24.2 Å². The van der Waals surface area contributed by atoms with Crippen LogP contribution in [0.2, 0.25) is 5.02 Å². The molecule has 0 N–H and O–H groups in total. The topological polar surface area (TPSA) is 34.9 Å². The average Bonchev–Trinajstić information content (AvgIpc) is 2.69. The number of halogens is 2. The molecule has 0 amide bonds. The number of aryl methyl sites for hydroxylation is 2. The molecule has 5 heteroatoms. The number of Topliss-reactive ketones (excluding diaryl/α,β-unsaturated/α-hetero) is 1. The molecular weight excluding hydrogens is 279 g/mol. The molecule has 0 saturated carbocycles. The van der Waals surface area contributed by atoms with Gasteiger partial charge in [-0.05, 0) is 25.5 Å². The van der Waals surface area contributed by atoms with Crippen LogP contribution in [0.4, 0.5) is 4.39 Å². The van der Waals surface area contributed by atoms with Crippen LogP contribution in [-0.4, -0.2) is 15.6 Å². The van der Waals surface area contributed by atoms with Crippen LogP contribution in [0, 0.1) is 12.7 Å². The maximum absolute atomic E-state index is 13.5. The van der Waals surface area contributed by atoms with Gasteiger partial charge in [-0.3, -0.25) is 9.48 Å². The Balaban J connectivity index is 2.15. The Kier molecular flexibility index (Phi) is 4.55. The van der Waals surface area contributed by atoms with E-state index in [1.165, 1.54) is 6.07 Å². The molecule has 2 rings (SSSR count). The summed E-state index contributed by atoms with van der Waals surface area (Å²) >= 11 is 6.16. The number of carbonyl (C=O) groups excluding carboxylic acids is 1. The van der Waals surface area contributed by atoms with Crippen LogP contribution in [0.1, 0.15) is 23.9 Å². The average molecular weight is 295 g/mol. The summed E-state index contributed by atoms with van der Waals surface area (Å²) in [5.74, 6) is -0.432. The molecule has 0 atom stereocenters. The fraction of sp³-hybridized carbons (Fsp3) is 0.333. The van der Waals surface area contributed by atoms with Crippen LogP contribution in [0.25, 0.3) is 0 Å². The Hall–Kier alpha value is -1.68. The quantitative estimate of drug-likeness (QED) is 0.847. The third-order valence-electron chi connectivity index (χ3n) is 3.16. The van der Waals surface area contributed by atoms with Crippen molar-refractivity contribution in [2.24, 2.45) is 0 Å². The summed E-state index contributed by atoms with van der Waals surface area (Å²) in [5, 5.41) is 4.79. The molecule has 0 aliphatic heterocycles.